The molecular formula is C14H15F3N2O2. The summed E-state index contributed by atoms with van der Waals surface area (Å²) in [6.45, 7) is 3.42. The Balaban J connectivity index is 2.54. The third-order valence-corrected chi connectivity index (χ3v) is 3.82. The Labute approximate surface area is 119 Å². The van der Waals surface area contributed by atoms with Crippen molar-refractivity contribution in [2.45, 2.75) is 38.4 Å². The number of imide groups is 1. The molecule has 1 aliphatic rings. The zero-order valence-electron chi connectivity index (χ0n) is 11.6. The molecule has 1 N–H and O–H groups in total. The van der Waals surface area contributed by atoms with E-state index in [0.717, 1.165) is 12.1 Å². The number of carbonyl (C=O) groups excluding carboxylic acids is 2. The molecule has 1 aromatic carbocycles. The maximum atomic E-state index is 13.0. The fourth-order valence-corrected chi connectivity index (χ4v) is 2.48. The highest BCUT2D eigenvalue weighted by Gasteiger charge is 2.51. The zero-order valence-corrected chi connectivity index (χ0v) is 11.6. The van der Waals surface area contributed by atoms with Crippen LogP contribution in [0.3, 0.4) is 0 Å². The van der Waals surface area contributed by atoms with Gasteiger partial charge in [-0.15, -0.1) is 0 Å². The fourth-order valence-electron chi connectivity index (χ4n) is 2.48. The molecule has 0 radical (unpaired) electrons. The van der Waals surface area contributed by atoms with Gasteiger partial charge in [-0.25, -0.2) is 9.69 Å². The summed E-state index contributed by atoms with van der Waals surface area (Å²) >= 11 is 0. The second kappa shape index (κ2) is 5.05. The van der Waals surface area contributed by atoms with E-state index >= 15 is 0 Å². The lowest BCUT2D eigenvalue weighted by atomic mass is 9.93. The number of nitrogens with zero attached hydrogens (tertiary/aromatic N) is 1. The number of carbonyl (C=O) groups is 2. The van der Waals surface area contributed by atoms with Crippen molar-refractivity contribution in [2.24, 2.45) is 0 Å². The van der Waals surface area contributed by atoms with Crippen molar-refractivity contribution in [2.75, 3.05) is 4.90 Å². The number of benzene rings is 1. The first-order valence-corrected chi connectivity index (χ1v) is 6.59. The third-order valence-electron chi connectivity index (χ3n) is 3.82. The van der Waals surface area contributed by atoms with E-state index in [1.54, 1.807) is 13.8 Å². The van der Waals surface area contributed by atoms with Crippen molar-refractivity contribution in [1.82, 2.24) is 5.32 Å². The number of para-hydroxylation sites is 1. The minimum atomic E-state index is -4.64. The molecule has 1 aromatic rings. The molecule has 0 saturated carbocycles. The number of rotatable bonds is 3. The van der Waals surface area contributed by atoms with Gasteiger partial charge in [-0.05, 0) is 25.0 Å². The molecule has 1 heterocycles. The number of hydrogen-bond donors (Lipinski definition) is 1. The molecule has 4 nitrogen and oxygen atoms in total. The van der Waals surface area contributed by atoms with Gasteiger partial charge in [0.1, 0.15) is 5.54 Å². The first kappa shape index (κ1) is 15.3. The summed E-state index contributed by atoms with van der Waals surface area (Å²) in [6.07, 6.45) is -4.00. The Morgan fingerprint density at radius 1 is 1.14 bits per heavy atom. The van der Waals surface area contributed by atoms with E-state index in [1.165, 1.54) is 12.1 Å². The summed E-state index contributed by atoms with van der Waals surface area (Å²) in [7, 11) is 0. The van der Waals surface area contributed by atoms with Gasteiger partial charge in [0.05, 0.1) is 11.3 Å². The number of amides is 3. The van der Waals surface area contributed by atoms with Crippen LogP contribution in [0.2, 0.25) is 0 Å². The first-order chi connectivity index (χ1) is 9.77. The van der Waals surface area contributed by atoms with Crippen LogP contribution in [-0.2, 0) is 11.0 Å². The Bertz CT molecular complexity index is 580. The van der Waals surface area contributed by atoms with Crippen molar-refractivity contribution in [3.8, 4) is 0 Å². The van der Waals surface area contributed by atoms with Gasteiger partial charge in [0, 0.05) is 0 Å². The summed E-state index contributed by atoms with van der Waals surface area (Å²) in [5, 5.41) is 2.51. The fraction of sp³-hybridized carbons (Fsp3) is 0.429. The molecule has 1 saturated heterocycles. The number of halogens is 3. The molecule has 1 aliphatic heterocycles. The van der Waals surface area contributed by atoms with Gasteiger partial charge in [0.15, 0.2) is 0 Å². The van der Waals surface area contributed by atoms with E-state index in [0.29, 0.717) is 17.7 Å². The smallest absolute Gasteiger partial charge is 0.323 e. The Morgan fingerprint density at radius 2 is 1.71 bits per heavy atom. The molecule has 2 rings (SSSR count). The van der Waals surface area contributed by atoms with Gasteiger partial charge in [0.25, 0.3) is 5.91 Å². The lowest BCUT2D eigenvalue weighted by Gasteiger charge is -2.24. The van der Waals surface area contributed by atoms with E-state index in [9.17, 15) is 22.8 Å². The highest BCUT2D eigenvalue weighted by Crippen LogP contribution is 2.39. The van der Waals surface area contributed by atoms with Crippen LogP contribution in [0.1, 0.15) is 32.3 Å². The summed E-state index contributed by atoms with van der Waals surface area (Å²) in [4.78, 5) is 25.1. The molecule has 114 valence electrons. The van der Waals surface area contributed by atoms with Crippen molar-refractivity contribution >= 4 is 17.6 Å². The predicted octanol–water partition coefficient (Wildman–Crippen LogP) is 3.32. The lowest BCUT2D eigenvalue weighted by Crippen LogP contribution is -2.45. The summed E-state index contributed by atoms with van der Waals surface area (Å²) in [5.41, 5.74) is -2.57. The molecular weight excluding hydrogens is 285 g/mol. The normalized spacial score (nSPS) is 18.0. The molecule has 21 heavy (non-hydrogen) atoms. The molecule has 0 bridgehead atoms. The van der Waals surface area contributed by atoms with Crippen molar-refractivity contribution in [3.05, 3.63) is 29.8 Å². The highest BCUT2D eigenvalue weighted by molar-refractivity contribution is 6.23. The maximum Gasteiger partial charge on any atom is 0.418 e. The molecule has 0 unspecified atom stereocenters. The van der Waals surface area contributed by atoms with Crippen LogP contribution in [0.15, 0.2) is 24.3 Å². The number of nitrogens with one attached hydrogen (secondary N) is 1. The highest BCUT2D eigenvalue weighted by atomic mass is 19.4. The van der Waals surface area contributed by atoms with Crippen molar-refractivity contribution in [3.63, 3.8) is 0 Å². The van der Waals surface area contributed by atoms with Crippen LogP contribution < -0.4 is 10.2 Å². The topological polar surface area (TPSA) is 49.4 Å². The van der Waals surface area contributed by atoms with Crippen molar-refractivity contribution in [1.29, 1.82) is 0 Å². The number of alkyl halides is 3. The van der Waals surface area contributed by atoms with E-state index < -0.39 is 34.9 Å². The van der Waals surface area contributed by atoms with Crippen LogP contribution in [0.5, 0.6) is 0 Å². The average molecular weight is 300 g/mol. The molecule has 3 amide bonds. The maximum absolute atomic E-state index is 13.0. The average Bonchev–Trinajstić information content (AvgIpc) is 2.69. The second-order valence-electron chi connectivity index (χ2n) is 4.87. The Hall–Kier alpha value is -2.05. The molecule has 0 spiro atoms. The minimum absolute atomic E-state index is 0.318. The quantitative estimate of drug-likeness (QED) is 0.871. The molecule has 7 heteroatoms. The van der Waals surface area contributed by atoms with Gasteiger partial charge in [0.2, 0.25) is 0 Å². The second-order valence-corrected chi connectivity index (χ2v) is 4.87. The van der Waals surface area contributed by atoms with Gasteiger partial charge in [-0.2, -0.15) is 13.2 Å². The van der Waals surface area contributed by atoms with Gasteiger partial charge in [-0.3, -0.25) is 4.79 Å². The van der Waals surface area contributed by atoms with Crippen LogP contribution in [0.4, 0.5) is 23.7 Å². The summed E-state index contributed by atoms with van der Waals surface area (Å²) in [5.74, 6) is -0.644. The van der Waals surface area contributed by atoms with Gasteiger partial charge < -0.3 is 5.32 Å². The van der Waals surface area contributed by atoms with Gasteiger partial charge >= 0.3 is 12.2 Å². The molecule has 0 aromatic heterocycles. The van der Waals surface area contributed by atoms with Crippen LogP contribution in [-0.4, -0.2) is 17.5 Å². The monoisotopic (exact) mass is 300 g/mol. The van der Waals surface area contributed by atoms with E-state index in [-0.39, 0.29) is 0 Å². The van der Waals surface area contributed by atoms with Crippen LogP contribution in [0, 0.1) is 0 Å². The lowest BCUT2D eigenvalue weighted by molar-refractivity contribution is -0.137. The third kappa shape index (κ3) is 2.36. The van der Waals surface area contributed by atoms with E-state index in [2.05, 4.69) is 5.32 Å². The molecule has 1 fully saturated rings. The zero-order chi connectivity index (χ0) is 15.8. The van der Waals surface area contributed by atoms with Crippen LogP contribution in [0.25, 0.3) is 0 Å². The SMILES string of the molecule is CCC1(CC)NC(=O)N(c2ccccc2C(F)(F)F)C1=O. The number of hydrogen-bond acceptors (Lipinski definition) is 2. The standard InChI is InChI=1S/C14H15F3N2O2/c1-3-13(4-2)11(20)19(12(21)18-13)10-8-6-5-7-9(10)14(15,16)17/h5-8H,3-4H2,1-2H3,(H,18,21). The Morgan fingerprint density at radius 3 is 2.19 bits per heavy atom. The summed E-state index contributed by atoms with van der Waals surface area (Å²) in [6, 6.07) is 3.75. The number of urea groups is 1. The van der Waals surface area contributed by atoms with Crippen molar-refractivity contribution < 1.29 is 22.8 Å². The number of anilines is 1. The molecule has 0 aliphatic carbocycles. The predicted molar refractivity (Wildman–Crippen MR) is 70.8 cm³/mol. The Kier molecular flexibility index (Phi) is 3.69. The van der Waals surface area contributed by atoms with Crippen LogP contribution >= 0.6 is 0 Å². The van der Waals surface area contributed by atoms with E-state index in [1.807, 2.05) is 0 Å². The van der Waals surface area contributed by atoms with E-state index in [4.69, 9.17) is 0 Å². The molecule has 0 atom stereocenters. The minimum Gasteiger partial charge on any atom is -0.323 e. The first-order valence-electron chi connectivity index (χ1n) is 6.59. The largest absolute Gasteiger partial charge is 0.418 e. The van der Waals surface area contributed by atoms with Gasteiger partial charge in [-0.1, -0.05) is 26.0 Å². The summed E-state index contributed by atoms with van der Waals surface area (Å²) < 4.78 is 39.1.